The number of benzene rings is 3. The molecule has 1 unspecified atom stereocenters. The van der Waals surface area contributed by atoms with Gasteiger partial charge in [-0.15, -0.1) is 0 Å². The largest absolute Gasteiger partial charge is 0.416 e. The number of hydrogen-bond acceptors (Lipinski definition) is 4. The van der Waals surface area contributed by atoms with E-state index in [1.54, 1.807) is 0 Å². The summed E-state index contributed by atoms with van der Waals surface area (Å²) in [5, 5.41) is 10.1. The van der Waals surface area contributed by atoms with Gasteiger partial charge in [0.2, 0.25) is 11.7 Å². The van der Waals surface area contributed by atoms with E-state index in [1.165, 1.54) is 28.5 Å². The van der Waals surface area contributed by atoms with Crippen LogP contribution in [-0.4, -0.2) is 16.2 Å². The van der Waals surface area contributed by atoms with E-state index in [2.05, 4.69) is 58.8 Å². The summed E-state index contributed by atoms with van der Waals surface area (Å²) in [5.74, 6) is 1.01. The molecule has 1 heterocycles. The predicted octanol–water partition coefficient (Wildman–Crippen LogP) is 6.51. The minimum Gasteiger partial charge on any atom is -0.339 e. The lowest BCUT2D eigenvalue weighted by Crippen LogP contribution is -2.41. The zero-order chi connectivity index (χ0) is 22.3. The molecule has 4 nitrogen and oxygen atoms in total. The number of hydrogen-bond donors (Lipinski definition) is 1. The van der Waals surface area contributed by atoms with Crippen molar-refractivity contribution in [3.8, 4) is 11.4 Å². The van der Waals surface area contributed by atoms with E-state index in [-0.39, 0.29) is 12.0 Å². The molecule has 32 heavy (non-hydrogen) atoms. The molecule has 5 rings (SSSR count). The van der Waals surface area contributed by atoms with E-state index >= 15 is 0 Å². The highest BCUT2D eigenvalue weighted by molar-refractivity contribution is 5.86. The average Bonchev–Trinajstić information content (AvgIpc) is 3.24. The molecule has 1 atom stereocenters. The van der Waals surface area contributed by atoms with Gasteiger partial charge in [0.15, 0.2) is 0 Å². The summed E-state index contributed by atoms with van der Waals surface area (Å²) in [6.45, 7) is 2.17. The van der Waals surface area contributed by atoms with Crippen LogP contribution in [-0.2, 0) is 6.18 Å². The second-order valence-corrected chi connectivity index (χ2v) is 8.35. The molecule has 1 aliphatic carbocycles. The first-order chi connectivity index (χ1) is 15.4. The summed E-state index contributed by atoms with van der Waals surface area (Å²) < 4.78 is 43.6. The molecule has 7 heteroatoms. The molecule has 1 N–H and O–H groups in total. The lowest BCUT2D eigenvalue weighted by atomic mass is 9.79. The highest BCUT2D eigenvalue weighted by Crippen LogP contribution is 2.38. The van der Waals surface area contributed by atoms with Gasteiger partial charge < -0.3 is 9.84 Å². The minimum absolute atomic E-state index is 0.155. The van der Waals surface area contributed by atoms with Crippen LogP contribution in [0, 0.1) is 0 Å². The van der Waals surface area contributed by atoms with Crippen molar-refractivity contribution in [1.29, 1.82) is 0 Å². The number of nitrogens with one attached hydrogen (secondary N) is 1. The third-order valence-electron chi connectivity index (χ3n) is 6.18. The zero-order valence-corrected chi connectivity index (χ0v) is 17.4. The van der Waals surface area contributed by atoms with Gasteiger partial charge in [0.05, 0.1) is 5.56 Å². The second-order valence-electron chi connectivity index (χ2n) is 8.35. The molecule has 1 aromatic heterocycles. The van der Waals surface area contributed by atoms with E-state index in [4.69, 9.17) is 4.52 Å². The Morgan fingerprint density at radius 1 is 0.969 bits per heavy atom. The lowest BCUT2D eigenvalue weighted by molar-refractivity contribution is -0.137. The topological polar surface area (TPSA) is 51.0 Å². The maximum absolute atomic E-state index is 12.7. The standard InChI is InChI=1S/C25H22F3N3O/c1-15(21-8-4-6-16-5-2-3-7-22(16)21)29-20-13-18(14-20)24-30-23(31-32-24)17-9-11-19(12-10-17)25(26,27)28/h2-12,15,18,20,29H,13-14H2,1H3. The van der Waals surface area contributed by atoms with Crippen molar-refractivity contribution in [2.45, 2.75) is 43.9 Å². The summed E-state index contributed by atoms with van der Waals surface area (Å²) in [6.07, 6.45) is -2.61. The first kappa shape index (κ1) is 20.7. The molecule has 0 saturated heterocycles. The molecule has 4 aromatic rings. The Morgan fingerprint density at radius 3 is 2.44 bits per heavy atom. The van der Waals surface area contributed by atoms with Gasteiger partial charge >= 0.3 is 6.18 Å². The summed E-state index contributed by atoms with van der Waals surface area (Å²) in [4.78, 5) is 4.42. The van der Waals surface area contributed by atoms with Crippen molar-refractivity contribution in [2.75, 3.05) is 0 Å². The molecular formula is C25H22F3N3O. The van der Waals surface area contributed by atoms with Crippen molar-refractivity contribution in [2.24, 2.45) is 0 Å². The summed E-state index contributed by atoms with van der Waals surface area (Å²) in [5.41, 5.74) is 1.08. The maximum atomic E-state index is 12.7. The van der Waals surface area contributed by atoms with Crippen LogP contribution in [0.15, 0.2) is 71.3 Å². The molecule has 0 amide bonds. The van der Waals surface area contributed by atoms with Crippen LogP contribution in [0.5, 0.6) is 0 Å². The molecule has 0 radical (unpaired) electrons. The van der Waals surface area contributed by atoms with Gasteiger partial charge in [0.25, 0.3) is 0 Å². The van der Waals surface area contributed by atoms with Crippen molar-refractivity contribution in [3.05, 3.63) is 83.7 Å². The molecule has 1 fully saturated rings. The highest BCUT2D eigenvalue weighted by atomic mass is 19.4. The van der Waals surface area contributed by atoms with Crippen LogP contribution >= 0.6 is 0 Å². The number of nitrogens with zero attached hydrogens (tertiary/aromatic N) is 2. The van der Waals surface area contributed by atoms with Crippen LogP contribution < -0.4 is 5.32 Å². The normalized spacial score (nSPS) is 19.6. The van der Waals surface area contributed by atoms with E-state index in [9.17, 15) is 13.2 Å². The number of alkyl halides is 3. The van der Waals surface area contributed by atoms with E-state index in [0.717, 1.165) is 25.0 Å². The molecule has 0 spiro atoms. The summed E-state index contributed by atoms with van der Waals surface area (Å²) >= 11 is 0. The molecule has 0 bridgehead atoms. The van der Waals surface area contributed by atoms with Crippen molar-refractivity contribution in [1.82, 2.24) is 15.5 Å². The molecule has 1 saturated carbocycles. The van der Waals surface area contributed by atoms with Crippen LogP contribution in [0.3, 0.4) is 0 Å². The molecule has 0 aliphatic heterocycles. The Labute approximate surface area is 183 Å². The average molecular weight is 437 g/mol. The fourth-order valence-electron chi connectivity index (χ4n) is 4.35. The Balaban J connectivity index is 1.21. The Kier molecular flexibility index (Phi) is 5.21. The van der Waals surface area contributed by atoms with Gasteiger partial charge in [0, 0.05) is 23.6 Å². The third kappa shape index (κ3) is 4.00. The molecule has 3 aromatic carbocycles. The maximum Gasteiger partial charge on any atom is 0.416 e. The van der Waals surface area contributed by atoms with E-state index < -0.39 is 11.7 Å². The predicted molar refractivity (Wildman–Crippen MR) is 116 cm³/mol. The zero-order valence-electron chi connectivity index (χ0n) is 17.4. The van der Waals surface area contributed by atoms with Gasteiger partial charge in [-0.3, -0.25) is 0 Å². The van der Waals surface area contributed by atoms with Crippen molar-refractivity contribution < 1.29 is 17.7 Å². The lowest BCUT2D eigenvalue weighted by Gasteiger charge is -2.36. The van der Waals surface area contributed by atoms with Crippen LogP contribution in [0.2, 0.25) is 0 Å². The van der Waals surface area contributed by atoms with Gasteiger partial charge in [-0.25, -0.2) is 0 Å². The summed E-state index contributed by atoms with van der Waals surface area (Å²) in [6, 6.07) is 20.1. The number of aromatic nitrogens is 2. The molecule has 1 aliphatic rings. The van der Waals surface area contributed by atoms with Gasteiger partial charge in [-0.2, -0.15) is 18.2 Å². The van der Waals surface area contributed by atoms with Crippen molar-refractivity contribution >= 4 is 10.8 Å². The summed E-state index contributed by atoms with van der Waals surface area (Å²) in [7, 11) is 0. The highest BCUT2D eigenvalue weighted by Gasteiger charge is 2.35. The van der Waals surface area contributed by atoms with Crippen LogP contribution in [0.1, 0.15) is 48.7 Å². The number of halogens is 3. The fourth-order valence-corrected chi connectivity index (χ4v) is 4.35. The SMILES string of the molecule is CC(NC1CC(c2nc(-c3ccc(C(F)(F)F)cc3)no2)C1)c1cccc2ccccc12. The minimum atomic E-state index is -4.36. The Morgan fingerprint density at radius 2 is 1.69 bits per heavy atom. The molecule has 164 valence electrons. The third-order valence-corrected chi connectivity index (χ3v) is 6.18. The van der Waals surface area contributed by atoms with Gasteiger partial charge in [-0.05, 0) is 48.2 Å². The number of rotatable bonds is 5. The smallest absolute Gasteiger partial charge is 0.339 e. The Hall–Kier alpha value is -3.19. The van der Waals surface area contributed by atoms with Crippen LogP contribution in [0.25, 0.3) is 22.2 Å². The first-order valence-corrected chi connectivity index (χ1v) is 10.6. The fraction of sp³-hybridized carbons (Fsp3) is 0.280. The van der Waals surface area contributed by atoms with Gasteiger partial charge in [-0.1, -0.05) is 59.8 Å². The van der Waals surface area contributed by atoms with Crippen LogP contribution in [0.4, 0.5) is 13.2 Å². The first-order valence-electron chi connectivity index (χ1n) is 10.6. The van der Waals surface area contributed by atoms with E-state index in [0.29, 0.717) is 23.3 Å². The second kappa shape index (κ2) is 8.06. The monoisotopic (exact) mass is 437 g/mol. The van der Waals surface area contributed by atoms with Crippen molar-refractivity contribution in [3.63, 3.8) is 0 Å². The van der Waals surface area contributed by atoms with E-state index in [1.807, 2.05) is 6.07 Å². The van der Waals surface area contributed by atoms with Gasteiger partial charge in [0.1, 0.15) is 0 Å². The number of fused-ring (bicyclic) bond motifs is 1. The molecular weight excluding hydrogens is 415 g/mol. The quantitative estimate of drug-likeness (QED) is 0.387. The Bertz CT molecular complexity index is 1220.